The normalized spacial score (nSPS) is 10.2. The molecule has 1 aromatic rings. The SMILES string of the molecule is CCCCOCCNC(=O)Nc1ccc(C(=O)O)c(C)c1. The van der Waals surface area contributed by atoms with Gasteiger partial charge in [0.05, 0.1) is 12.2 Å². The molecule has 0 bridgehead atoms. The van der Waals surface area contributed by atoms with Crippen LogP contribution in [0.5, 0.6) is 0 Å². The first-order chi connectivity index (χ1) is 10.0. The van der Waals surface area contributed by atoms with Crippen molar-refractivity contribution >= 4 is 17.7 Å². The van der Waals surface area contributed by atoms with E-state index >= 15 is 0 Å². The van der Waals surface area contributed by atoms with Gasteiger partial charge in [-0.15, -0.1) is 0 Å². The second-order valence-corrected chi connectivity index (χ2v) is 4.68. The van der Waals surface area contributed by atoms with Crippen LogP contribution in [0.25, 0.3) is 0 Å². The maximum absolute atomic E-state index is 11.6. The van der Waals surface area contributed by atoms with Crippen LogP contribution in [0.3, 0.4) is 0 Å². The van der Waals surface area contributed by atoms with Crippen LogP contribution in [0.4, 0.5) is 10.5 Å². The van der Waals surface area contributed by atoms with E-state index in [0.29, 0.717) is 31.0 Å². The lowest BCUT2D eigenvalue weighted by Gasteiger charge is -2.09. The van der Waals surface area contributed by atoms with Gasteiger partial charge in [-0.25, -0.2) is 9.59 Å². The Balaban J connectivity index is 2.34. The standard InChI is InChI=1S/C15H22N2O4/c1-3-4-8-21-9-7-16-15(20)17-12-5-6-13(14(18)19)11(2)10-12/h5-6,10H,3-4,7-9H2,1-2H3,(H,18,19)(H2,16,17,20). The Hall–Kier alpha value is -2.08. The fraction of sp³-hybridized carbons (Fsp3) is 0.467. The predicted molar refractivity (Wildman–Crippen MR) is 80.9 cm³/mol. The highest BCUT2D eigenvalue weighted by Gasteiger charge is 2.08. The van der Waals surface area contributed by atoms with E-state index in [9.17, 15) is 9.59 Å². The fourth-order valence-electron chi connectivity index (χ4n) is 1.74. The zero-order valence-electron chi connectivity index (χ0n) is 12.4. The number of hydrogen-bond acceptors (Lipinski definition) is 3. The Labute approximate surface area is 124 Å². The third kappa shape index (κ3) is 6.27. The Morgan fingerprint density at radius 3 is 2.67 bits per heavy atom. The molecule has 0 aliphatic rings. The molecule has 1 rings (SSSR count). The molecule has 0 unspecified atom stereocenters. The number of carbonyl (C=O) groups excluding carboxylic acids is 1. The molecule has 2 amide bonds. The summed E-state index contributed by atoms with van der Waals surface area (Å²) in [5, 5.41) is 14.3. The van der Waals surface area contributed by atoms with Crippen LogP contribution < -0.4 is 10.6 Å². The molecule has 0 aromatic heterocycles. The molecule has 0 radical (unpaired) electrons. The first-order valence-corrected chi connectivity index (χ1v) is 7.01. The molecule has 1 aromatic carbocycles. The van der Waals surface area contributed by atoms with Gasteiger partial charge in [0.1, 0.15) is 0 Å². The maximum atomic E-state index is 11.6. The second kappa shape index (κ2) is 8.97. The van der Waals surface area contributed by atoms with Crippen molar-refractivity contribution in [1.82, 2.24) is 5.32 Å². The minimum absolute atomic E-state index is 0.227. The topological polar surface area (TPSA) is 87.7 Å². The predicted octanol–water partition coefficient (Wildman–Crippen LogP) is 2.63. The molecule has 0 heterocycles. The maximum Gasteiger partial charge on any atom is 0.335 e. The van der Waals surface area contributed by atoms with Crippen LogP contribution in [0, 0.1) is 6.92 Å². The van der Waals surface area contributed by atoms with Crippen LogP contribution >= 0.6 is 0 Å². The van der Waals surface area contributed by atoms with Gasteiger partial charge < -0.3 is 20.5 Å². The number of amides is 2. The minimum Gasteiger partial charge on any atom is -0.478 e. The summed E-state index contributed by atoms with van der Waals surface area (Å²) in [6, 6.07) is 4.33. The quantitative estimate of drug-likeness (QED) is 0.643. The van der Waals surface area contributed by atoms with Crippen molar-refractivity contribution in [2.24, 2.45) is 0 Å². The second-order valence-electron chi connectivity index (χ2n) is 4.68. The highest BCUT2D eigenvalue weighted by molar-refractivity contribution is 5.92. The van der Waals surface area contributed by atoms with Gasteiger partial charge in [-0.05, 0) is 37.1 Å². The molecule has 3 N–H and O–H groups in total. The number of nitrogens with one attached hydrogen (secondary N) is 2. The van der Waals surface area contributed by atoms with Crippen LogP contribution in [0.2, 0.25) is 0 Å². The Bertz CT molecular complexity index is 489. The summed E-state index contributed by atoms with van der Waals surface area (Å²) in [5.41, 5.74) is 1.38. The van der Waals surface area contributed by atoms with E-state index in [-0.39, 0.29) is 11.6 Å². The molecule has 21 heavy (non-hydrogen) atoms. The average Bonchev–Trinajstić information content (AvgIpc) is 2.42. The smallest absolute Gasteiger partial charge is 0.335 e. The van der Waals surface area contributed by atoms with Gasteiger partial charge in [0, 0.05) is 18.8 Å². The number of carboxylic acid groups (broad SMARTS) is 1. The van der Waals surface area contributed by atoms with E-state index in [0.717, 1.165) is 12.8 Å². The number of hydrogen-bond donors (Lipinski definition) is 3. The largest absolute Gasteiger partial charge is 0.478 e. The summed E-state index contributed by atoms with van der Waals surface area (Å²) in [5.74, 6) is -0.979. The van der Waals surface area contributed by atoms with Crippen molar-refractivity contribution in [2.75, 3.05) is 25.1 Å². The van der Waals surface area contributed by atoms with Crippen LogP contribution in [0.15, 0.2) is 18.2 Å². The summed E-state index contributed by atoms with van der Waals surface area (Å²) in [4.78, 5) is 22.5. The lowest BCUT2D eigenvalue weighted by Crippen LogP contribution is -2.31. The van der Waals surface area contributed by atoms with E-state index in [1.165, 1.54) is 6.07 Å². The highest BCUT2D eigenvalue weighted by atomic mass is 16.5. The number of carbonyl (C=O) groups is 2. The number of urea groups is 1. The molecule has 116 valence electrons. The number of ether oxygens (including phenoxy) is 1. The minimum atomic E-state index is -0.979. The molecule has 6 heteroatoms. The van der Waals surface area contributed by atoms with E-state index in [4.69, 9.17) is 9.84 Å². The number of unbranched alkanes of at least 4 members (excludes halogenated alkanes) is 1. The Kier molecular flexibility index (Phi) is 7.25. The van der Waals surface area contributed by atoms with E-state index < -0.39 is 5.97 Å². The lowest BCUT2D eigenvalue weighted by molar-refractivity contribution is 0.0696. The van der Waals surface area contributed by atoms with Crippen molar-refractivity contribution in [2.45, 2.75) is 26.7 Å². The van der Waals surface area contributed by atoms with Crippen LogP contribution in [-0.2, 0) is 4.74 Å². The number of benzene rings is 1. The van der Waals surface area contributed by atoms with Crippen LogP contribution in [-0.4, -0.2) is 36.9 Å². The van der Waals surface area contributed by atoms with Gasteiger partial charge in [-0.1, -0.05) is 13.3 Å². The molecule has 0 aliphatic heterocycles. The molecule has 0 spiro atoms. The highest BCUT2D eigenvalue weighted by Crippen LogP contribution is 2.15. The van der Waals surface area contributed by atoms with Gasteiger partial charge in [-0.3, -0.25) is 0 Å². The Morgan fingerprint density at radius 1 is 1.29 bits per heavy atom. The molecule has 0 saturated heterocycles. The lowest BCUT2D eigenvalue weighted by atomic mass is 10.1. The first kappa shape index (κ1) is 17.0. The third-order valence-corrected chi connectivity index (χ3v) is 2.89. The molecular weight excluding hydrogens is 272 g/mol. The molecule has 0 saturated carbocycles. The van der Waals surface area contributed by atoms with E-state index in [2.05, 4.69) is 17.6 Å². The van der Waals surface area contributed by atoms with E-state index in [1.54, 1.807) is 19.1 Å². The van der Waals surface area contributed by atoms with Crippen molar-refractivity contribution in [1.29, 1.82) is 0 Å². The van der Waals surface area contributed by atoms with Crippen molar-refractivity contribution in [3.63, 3.8) is 0 Å². The van der Waals surface area contributed by atoms with Gasteiger partial charge in [0.15, 0.2) is 0 Å². The zero-order valence-corrected chi connectivity index (χ0v) is 12.4. The average molecular weight is 294 g/mol. The van der Waals surface area contributed by atoms with Crippen LogP contribution in [0.1, 0.15) is 35.7 Å². The third-order valence-electron chi connectivity index (χ3n) is 2.89. The number of rotatable bonds is 8. The molecule has 0 fully saturated rings. The Morgan fingerprint density at radius 2 is 2.05 bits per heavy atom. The summed E-state index contributed by atoms with van der Waals surface area (Å²) < 4.78 is 5.33. The number of aryl methyl sites for hydroxylation is 1. The van der Waals surface area contributed by atoms with Gasteiger partial charge in [0.2, 0.25) is 0 Å². The monoisotopic (exact) mass is 294 g/mol. The van der Waals surface area contributed by atoms with Gasteiger partial charge in [-0.2, -0.15) is 0 Å². The first-order valence-electron chi connectivity index (χ1n) is 7.01. The molecule has 0 atom stereocenters. The number of aromatic carboxylic acids is 1. The van der Waals surface area contributed by atoms with Crippen molar-refractivity contribution < 1.29 is 19.4 Å². The fourth-order valence-corrected chi connectivity index (χ4v) is 1.74. The summed E-state index contributed by atoms with van der Waals surface area (Å²) >= 11 is 0. The summed E-state index contributed by atoms with van der Waals surface area (Å²) in [6.07, 6.45) is 2.10. The summed E-state index contributed by atoms with van der Waals surface area (Å²) in [6.45, 7) is 5.39. The van der Waals surface area contributed by atoms with Gasteiger partial charge in [0.25, 0.3) is 0 Å². The van der Waals surface area contributed by atoms with Gasteiger partial charge >= 0.3 is 12.0 Å². The van der Waals surface area contributed by atoms with Crippen molar-refractivity contribution in [3.05, 3.63) is 29.3 Å². The van der Waals surface area contributed by atoms with Crippen molar-refractivity contribution in [3.8, 4) is 0 Å². The molecular formula is C15H22N2O4. The molecule has 6 nitrogen and oxygen atoms in total. The summed E-state index contributed by atoms with van der Waals surface area (Å²) in [7, 11) is 0. The van der Waals surface area contributed by atoms with E-state index in [1.807, 2.05) is 0 Å². The number of carboxylic acids is 1. The zero-order chi connectivity index (χ0) is 15.7. The molecule has 0 aliphatic carbocycles. The number of anilines is 1.